The number of ether oxygens (including phenoxy) is 1. The second-order valence-electron chi connectivity index (χ2n) is 3.62. The standard InChI is InChI=1S/C11H19NO2S/c1-3-5-14-6-4-11(13)7-10-8-15-9(2)12-10/h8,11,13H,3-7H2,1-2H3. The van der Waals surface area contributed by atoms with Gasteiger partial charge in [-0.3, -0.25) is 0 Å². The van der Waals surface area contributed by atoms with Crippen molar-refractivity contribution in [3.05, 3.63) is 16.1 Å². The van der Waals surface area contributed by atoms with Crippen LogP contribution in [0.3, 0.4) is 0 Å². The van der Waals surface area contributed by atoms with Gasteiger partial charge in [-0.15, -0.1) is 11.3 Å². The SMILES string of the molecule is CCCOCCC(O)Cc1csc(C)n1. The number of aliphatic hydroxyl groups is 1. The van der Waals surface area contributed by atoms with Crippen LogP contribution in [0.4, 0.5) is 0 Å². The largest absolute Gasteiger partial charge is 0.393 e. The third kappa shape index (κ3) is 5.25. The van der Waals surface area contributed by atoms with Crippen LogP contribution in [0.2, 0.25) is 0 Å². The molecule has 1 rings (SSSR count). The highest BCUT2D eigenvalue weighted by Gasteiger charge is 2.07. The number of hydrogen-bond donors (Lipinski definition) is 1. The molecule has 0 amide bonds. The summed E-state index contributed by atoms with van der Waals surface area (Å²) in [5.74, 6) is 0. The van der Waals surface area contributed by atoms with Gasteiger partial charge < -0.3 is 9.84 Å². The normalized spacial score (nSPS) is 13.0. The Balaban J connectivity index is 2.15. The molecule has 0 saturated heterocycles. The maximum absolute atomic E-state index is 9.70. The monoisotopic (exact) mass is 229 g/mol. The van der Waals surface area contributed by atoms with E-state index in [0.717, 1.165) is 23.7 Å². The lowest BCUT2D eigenvalue weighted by Gasteiger charge is -2.08. The Morgan fingerprint density at radius 2 is 2.33 bits per heavy atom. The summed E-state index contributed by atoms with van der Waals surface area (Å²) >= 11 is 1.62. The minimum atomic E-state index is -0.330. The molecular weight excluding hydrogens is 210 g/mol. The zero-order valence-electron chi connectivity index (χ0n) is 9.40. The van der Waals surface area contributed by atoms with Gasteiger partial charge in [-0.2, -0.15) is 0 Å². The maximum atomic E-state index is 9.70. The fourth-order valence-electron chi connectivity index (χ4n) is 1.31. The second kappa shape index (κ2) is 6.93. The van der Waals surface area contributed by atoms with E-state index in [9.17, 15) is 5.11 Å². The Labute approximate surface area is 95.1 Å². The summed E-state index contributed by atoms with van der Waals surface area (Å²) < 4.78 is 5.32. The van der Waals surface area contributed by atoms with Gasteiger partial charge in [-0.25, -0.2) is 4.98 Å². The fourth-order valence-corrected chi connectivity index (χ4v) is 1.94. The van der Waals surface area contributed by atoms with Gasteiger partial charge in [-0.1, -0.05) is 6.92 Å². The Morgan fingerprint density at radius 1 is 1.53 bits per heavy atom. The van der Waals surface area contributed by atoms with E-state index < -0.39 is 0 Å². The molecule has 15 heavy (non-hydrogen) atoms. The van der Waals surface area contributed by atoms with Crippen LogP contribution in [-0.4, -0.2) is 29.4 Å². The molecule has 1 aromatic rings. The fraction of sp³-hybridized carbons (Fsp3) is 0.727. The highest BCUT2D eigenvalue weighted by atomic mass is 32.1. The summed E-state index contributed by atoms with van der Waals surface area (Å²) in [5, 5.41) is 12.8. The molecule has 0 aromatic carbocycles. The molecule has 1 N–H and O–H groups in total. The quantitative estimate of drug-likeness (QED) is 0.729. The smallest absolute Gasteiger partial charge is 0.0897 e. The molecule has 0 radical (unpaired) electrons. The van der Waals surface area contributed by atoms with Crippen molar-refractivity contribution in [1.82, 2.24) is 4.98 Å². The molecule has 0 saturated carbocycles. The van der Waals surface area contributed by atoms with Crippen LogP contribution >= 0.6 is 11.3 Å². The number of aliphatic hydroxyl groups excluding tert-OH is 1. The molecule has 4 heteroatoms. The van der Waals surface area contributed by atoms with E-state index in [0.29, 0.717) is 19.4 Å². The Morgan fingerprint density at radius 3 is 2.93 bits per heavy atom. The molecule has 86 valence electrons. The summed E-state index contributed by atoms with van der Waals surface area (Å²) in [7, 11) is 0. The van der Waals surface area contributed by atoms with Crippen molar-refractivity contribution in [2.24, 2.45) is 0 Å². The van der Waals surface area contributed by atoms with Crippen LogP contribution in [0.5, 0.6) is 0 Å². The molecule has 0 fully saturated rings. The van der Waals surface area contributed by atoms with E-state index >= 15 is 0 Å². The molecule has 0 aliphatic rings. The van der Waals surface area contributed by atoms with Gasteiger partial charge in [0.25, 0.3) is 0 Å². The van der Waals surface area contributed by atoms with Crippen LogP contribution in [0.15, 0.2) is 5.38 Å². The number of aromatic nitrogens is 1. The van der Waals surface area contributed by atoms with E-state index in [4.69, 9.17) is 4.74 Å². The number of rotatable bonds is 7. The van der Waals surface area contributed by atoms with Crippen molar-refractivity contribution >= 4 is 11.3 Å². The minimum Gasteiger partial charge on any atom is -0.393 e. The van der Waals surface area contributed by atoms with E-state index in [1.165, 1.54) is 0 Å². The van der Waals surface area contributed by atoms with Gasteiger partial charge in [0.15, 0.2) is 0 Å². The van der Waals surface area contributed by atoms with Crippen LogP contribution in [0.1, 0.15) is 30.5 Å². The zero-order valence-corrected chi connectivity index (χ0v) is 10.2. The number of thiazole rings is 1. The lowest BCUT2D eigenvalue weighted by molar-refractivity contribution is 0.0820. The average Bonchev–Trinajstić information content (AvgIpc) is 2.59. The van der Waals surface area contributed by atoms with Crippen molar-refractivity contribution in [3.8, 4) is 0 Å². The van der Waals surface area contributed by atoms with Gasteiger partial charge in [0, 0.05) is 25.0 Å². The molecule has 0 spiro atoms. The molecular formula is C11H19NO2S. The molecule has 1 aromatic heterocycles. The molecule has 0 bridgehead atoms. The van der Waals surface area contributed by atoms with Gasteiger partial charge in [0.2, 0.25) is 0 Å². The number of hydrogen-bond acceptors (Lipinski definition) is 4. The van der Waals surface area contributed by atoms with Gasteiger partial charge in [0.05, 0.1) is 16.8 Å². The summed E-state index contributed by atoms with van der Waals surface area (Å²) in [6, 6.07) is 0. The lowest BCUT2D eigenvalue weighted by Crippen LogP contribution is -2.14. The molecule has 0 aliphatic heterocycles. The Bertz CT molecular complexity index is 275. The van der Waals surface area contributed by atoms with E-state index in [1.807, 2.05) is 12.3 Å². The Kier molecular flexibility index (Phi) is 5.83. The third-order valence-electron chi connectivity index (χ3n) is 2.06. The van der Waals surface area contributed by atoms with Crippen molar-refractivity contribution in [1.29, 1.82) is 0 Å². The summed E-state index contributed by atoms with van der Waals surface area (Å²) in [4.78, 5) is 4.31. The number of nitrogens with zero attached hydrogens (tertiary/aromatic N) is 1. The minimum absolute atomic E-state index is 0.330. The van der Waals surface area contributed by atoms with Crippen LogP contribution in [-0.2, 0) is 11.2 Å². The summed E-state index contributed by atoms with van der Waals surface area (Å²) in [6.07, 6.45) is 2.03. The van der Waals surface area contributed by atoms with Crippen molar-refractivity contribution in [2.75, 3.05) is 13.2 Å². The zero-order chi connectivity index (χ0) is 11.1. The van der Waals surface area contributed by atoms with Crippen LogP contribution < -0.4 is 0 Å². The van der Waals surface area contributed by atoms with Gasteiger partial charge >= 0.3 is 0 Å². The highest BCUT2D eigenvalue weighted by Crippen LogP contribution is 2.11. The second-order valence-corrected chi connectivity index (χ2v) is 4.68. The van der Waals surface area contributed by atoms with Gasteiger partial charge in [0.1, 0.15) is 0 Å². The predicted octanol–water partition coefficient (Wildman–Crippen LogP) is 2.17. The first-order valence-electron chi connectivity index (χ1n) is 5.39. The van der Waals surface area contributed by atoms with E-state index in [2.05, 4.69) is 11.9 Å². The highest BCUT2D eigenvalue weighted by molar-refractivity contribution is 7.09. The maximum Gasteiger partial charge on any atom is 0.0897 e. The third-order valence-corrected chi connectivity index (χ3v) is 2.88. The van der Waals surface area contributed by atoms with Crippen molar-refractivity contribution in [2.45, 2.75) is 39.2 Å². The molecule has 1 heterocycles. The molecule has 3 nitrogen and oxygen atoms in total. The van der Waals surface area contributed by atoms with Crippen LogP contribution in [0.25, 0.3) is 0 Å². The first-order chi connectivity index (χ1) is 7.22. The first kappa shape index (κ1) is 12.6. The van der Waals surface area contributed by atoms with E-state index in [-0.39, 0.29) is 6.10 Å². The van der Waals surface area contributed by atoms with Crippen molar-refractivity contribution in [3.63, 3.8) is 0 Å². The van der Waals surface area contributed by atoms with E-state index in [1.54, 1.807) is 11.3 Å². The number of aryl methyl sites for hydroxylation is 1. The average molecular weight is 229 g/mol. The molecule has 1 unspecified atom stereocenters. The van der Waals surface area contributed by atoms with Crippen LogP contribution in [0, 0.1) is 6.92 Å². The topological polar surface area (TPSA) is 42.4 Å². The predicted molar refractivity (Wildman–Crippen MR) is 62.3 cm³/mol. The van der Waals surface area contributed by atoms with Gasteiger partial charge in [-0.05, 0) is 19.8 Å². The summed E-state index contributed by atoms with van der Waals surface area (Å²) in [5.41, 5.74) is 0.987. The summed E-state index contributed by atoms with van der Waals surface area (Å²) in [6.45, 7) is 5.47. The Hall–Kier alpha value is -0.450. The molecule has 0 aliphatic carbocycles. The van der Waals surface area contributed by atoms with Crippen molar-refractivity contribution < 1.29 is 9.84 Å². The first-order valence-corrected chi connectivity index (χ1v) is 6.27. The lowest BCUT2D eigenvalue weighted by atomic mass is 10.1. The molecule has 1 atom stereocenters.